The Morgan fingerprint density at radius 3 is 2.92 bits per heavy atom. The first-order valence-electron chi connectivity index (χ1n) is 3.46. The number of hydrogen-bond acceptors (Lipinski definition) is 4. The average molecular weight is 178 g/mol. The summed E-state index contributed by atoms with van der Waals surface area (Å²) in [7, 11) is 0. The van der Waals surface area contributed by atoms with Gasteiger partial charge in [0.05, 0.1) is 11.0 Å². The number of nitro groups is 1. The van der Waals surface area contributed by atoms with Crippen LogP contribution in [0.3, 0.4) is 0 Å². The monoisotopic (exact) mass is 178 g/mol. The number of nitro benzene ring substituents is 1. The second-order valence-corrected chi connectivity index (χ2v) is 2.32. The average Bonchev–Trinajstić information content (AvgIpc) is 2.17. The van der Waals surface area contributed by atoms with E-state index in [9.17, 15) is 10.1 Å². The summed E-state index contributed by atoms with van der Waals surface area (Å²) in [6.07, 6.45) is 2.64. The SMILES string of the molecule is O=[N+]([O-])c1c[c]c2c(c1)OC=CO2. The Morgan fingerprint density at radius 2 is 2.15 bits per heavy atom. The molecule has 0 bridgehead atoms. The van der Waals surface area contributed by atoms with Crippen LogP contribution in [0.25, 0.3) is 0 Å². The molecule has 0 atom stereocenters. The second kappa shape index (κ2) is 2.78. The Balaban J connectivity index is 2.44. The van der Waals surface area contributed by atoms with Gasteiger partial charge in [-0.05, 0) is 0 Å². The van der Waals surface area contributed by atoms with Gasteiger partial charge < -0.3 is 9.47 Å². The van der Waals surface area contributed by atoms with Crippen molar-refractivity contribution < 1.29 is 14.4 Å². The summed E-state index contributed by atoms with van der Waals surface area (Å²) in [4.78, 5) is 9.84. The highest BCUT2D eigenvalue weighted by Gasteiger charge is 2.14. The fraction of sp³-hybridized carbons (Fsp3) is 0. The number of non-ortho nitro benzene ring substituents is 1. The lowest BCUT2D eigenvalue weighted by atomic mass is 10.3. The zero-order valence-corrected chi connectivity index (χ0v) is 6.39. The van der Waals surface area contributed by atoms with E-state index in [-0.39, 0.29) is 5.69 Å². The van der Waals surface area contributed by atoms with Crippen molar-refractivity contribution in [3.63, 3.8) is 0 Å². The molecule has 13 heavy (non-hydrogen) atoms. The minimum atomic E-state index is -0.515. The standard InChI is InChI=1S/C8H4NO4/c10-9(11)6-1-2-7-8(5-6)13-4-3-12-7/h1,3-5H. The van der Waals surface area contributed by atoms with Gasteiger partial charge in [-0.3, -0.25) is 10.1 Å². The van der Waals surface area contributed by atoms with E-state index >= 15 is 0 Å². The predicted octanol–water partition coefficient (Wildman–Crippen LogP) is 1.64. The van der Waals surface area contributed by atoms with Crippen molar-refractivity contribution >= 4 is 5.69 Å². The minimum absolute atomic E-state index is 0.0716. The third kappa shape index (κ3) is 1.31. The molecule has 1 aromatic rings. The summed E-state index contributed by atoms with van der Waals surface area (Å²) in [5.74, 6) is 0.657. The van der Waals surface area contributed by atoms with Crippen molar-refractivity contribution in [3.8, 4) is 11.5 Å². The lowest BCUT2D eigenvalue weighted by molar-refractivity contribution is -0.385. The first-order valence-corrected chi connectivity index (χ1v) is 3.46. The maximum atomic E-state index is 10.4. The first-order chi connectivity index (χ1) is 6.27. The van der Waals surface area contributed by atoms with Crippen molar-refractivity contribution in [2.45, 2.75) is 0 Å². The molecule has 0 fully saturated rings. The van der Waals surface area contributed by atoms with Crippen LogP contribution in [0.15, 0.2) is 24.7 Å². The number of hydrogen-bond donors (Lipinski definition) is 0. The summed E-state index contributed by atoms with van der Waals surface area (Å²) in [6, 6.07) is 5.12. The van der Waals surface area contributed by atoms with Gasteiger partial charge in [-0.25, -0.2) is 0 Å². The summed E-state index contributed by atoms with van der Waals surface area (Å²) < 4.78 is 9.95. The number of benzene rings is 1. The maximum absolute atomic E-state index is 10.4. The molecule has 0 saturated carbocycles. The Morgan fingerprint density at radius 1 is 1.38 bits per heavy atom. The lowest BCUT2D eigenvalue weighted by Gasteiger charge is -2.10. The highest BCUT2D eigenvalue weighted by molar-refractivity contribution is 5.49. The molecule has 2 rings (SSSR count). The predicted molar refractivity (Wildman–Crippen MR) is 42.3 cm³/mol. The van der Waals surface area contributed by atoms with Crippen molar-refractivity contribution in [1.82, 2.24) is 0 Å². The second-order valence-electron chi connectivity index (χ2n) is 2.32. The van der Waals surface area contributed by atoms with E-state index in [0.717, 1.165) is 0 Å². The molecule has 5 nitrogen and oxygen atoms in total. The van der Waals surface area contributed by atoms with Crippen LogP contribution >= 0.6 is 0 Å². The summed E-state index contributed by atoms with van der Waals surface area (Å²) in [6.45, 7) is 0. The third-order valence-electron chi connectivity index (χ3n) is 1.50. The Kier molecular flexibility index (Phi) is 1.63. The van der Waals surface area contributed by atoms with Gasteiger partial charge in [-0.1, -0.05) is 0 Å². The maximum Gasteiger partial charge on any atom is 0.274 e. The van der Waals surface area contributed by atoms with Crippen LogP contribution in [0.5, 0.6) is 11.5 Å². The molecule has 0 amide bonds. The van der Waals surface area contributed by atoms with Gasteiger partial charge in [0.1, 0.15) is 12.5 Å². The van der Waals surface area contributed by atoms with E-state index in [1.807, 2.05) is 0 Å². The van der Waals surface area contributed by atoms with E-state index in [2.05, 4.69) is 6.07 Å². The molecule has 0 aromatic heterocycles. The Labute approximate surface area is 73.3 Å². The number of rotatable bonds is 1. The van der Waals surface area contributed by atoms with Gasteiger partial charge in [-0.15, -0.1) is 0 Å². The lowest BCUT2D eigenvalue weighted by Crippen LogP contribution is -1.97. The van der Waals surface area contributed by atoms with Gasteiger partial charge in [0.2, 0.25) is 0 Å². The number of fused-ring (bicyclic) bond motifs is 1. The van der Waals surface area contributed by atoms with Crippen LogP contribution in [0.4, 0.5) is 5.69 Å². The highest BCUT2D eigenvalue weighted by atomic mass is 16.6. The van der Waals surface area contributed by atoms with E-state index in [4.69, 9.17) is 9.47 Å². The van der Waals surface area contributed by atoms with E-state index in [0.29, 0.717) is 11.5 Å². The van der Waals surface area contributed by atoms with Crippen molar-refractivity contribution in [2.75, 3.05) is 0 Å². The molecule has 0 spiro atoms. The molecule has 0 N–H and O–H groups in total. The molecular weight excluding hydrogens is 174 g/mol. The van der Waals surface area contributed by atoms with Gasteiger partial charge >= 0.3 is 0 Å². The first kappa shape index (κ1) is 7.60. The molecule has 1 heterocycles. The largest absolute Gasteiger partial charge is 0.458 e. The molecule has 1 aliphatic rings. The molecule has 1 radical (unpaired) electrons. The normalized spacial score (nSPS) is 12.6. The number of ether oxygens (including phenoxy) is 2. The van der Waals surface area contributed by atoms with E-state index < -0.39 is 4.92 Å². The van der Waals surface area contributed by atoms with Gasteiger partial charge in [0.15, 0.2) is 11.5 Å². The van der Waals surface area contributed by atoms with Crippen LogP contribution in [0.2, 0.25) is 0 Å². The molecule has 0 unspecified atom stereocenters. The Hall–Kier alpha value is -2.04. The fourth-order valence-corrected chi connectivity index (χ4v) is 0.934. The van der Waals surface area contributed by atoms with Crippen LogP contribution in [-0.4, -0.2) is 4.92 Å². The molecule has 1 aliphatic heterocycles. The molecular formula is C8H4NO4. The zero-order valence-electron chi connectivity index (χ0n) is 6.39. The van der Waals surface area contributed by atoms with Crippen LogP contribution in [0.1, 0.15) is 0 Å². The fourth-order valence-electron chi connectivity index (χ4n) is 0.934. The molecule has 0 aliphatic carbocycles. The molecule has 5 heteroatoms. The Bertz CT molecular complexity index is 386. The van der Waals surface area contributed by atoms with Crippen molar-refractivity contribution in [2.24, 2.45) is 0 Å². The van der Waals surface area contributed by atoms with E-state index in [1.165, 1.54) is 24.7 Å². The number of nitrogens with zero attached hydrogens (tertiary/aromatic N) is 1. The highest BCUT2D eigenvalue weighted by Crippen LogP contribution is 2.32. The summed E-state index contributed by atoms with van der Waals surface area (Å²) in [5, 5.41) is 10.4. The quantitative estimate of drug-likeness (QED) is 0.484. The smallest absolute Gasteiger partial charge is 0.274 e. The topological polar surface area (TPSA) is 61.6 Å². The van der Waals surface area contributed by atoms with Crippen LogP contribution < -0.4 is 9.47 Å². The van der Waals surface area contributed by atoms with Gasteiger partial charge in [-0.2, -0.15) is 0 Å². The van der Waals surface area contributed by atoms with E-state index in [1.54, 1.807) is 0 Å². The van der Waals surface area contributed by atoms with Crippen molar-refractivity contribution in [3.05, 3.63) is 40.8 Å². The molecule has 65 valence electrons. The minimum Gasteiger partial charge on any atom is -0.458 e. The molecule has 0 saturated heterocycles. The van der Waals surface area contributed by atoms with Gasteiger partial charge in [0, 0.05) is 12.1 Å². The molecule has 1 aromatic carbocycles. The summed E-state index contributed by atoms with van der Waals surface area (Å²) >= 11 is 0. The van der Waals surface area contributed by atoms with Crippen LogP contribution in [0, 0.1) is 16.2 Å². The van der Waals surface area contributed by atoms with Gasteiger partial charge in [0.25, 0.3) is 5.69 Å². The zero-order chi connectivity index (χ0) is 9.26. The van der Waals surface area contributed by atoms with Crippen molar-refractivity contribution in [1.29, 1.82) is 0 Å². The summed E-state index contributed by atoms with van der Waals surface area (Å²) in [5.41, 5.74) is -0.0716. The van der Waals surface area contributed by atoms with Crippen LogP contribution in [-0.2, 0) is 0 Å². The third-order valence-corrected chi connectivity index (χ3v) is 1.50.